The number of amides is 1. The number of rotatable bonds is 6. The minimum Gasteiger partial charge on any atom is -0.368 e. The summed E-state index contributed by atoms with van der Waals surface area (Å²) in [6.07, 6.45) is 0. The first-order valence-corrected chi connectivity index (χ1v) is 7.93. The van der Waals surface area contributed by atoms with Gasteiger partial charge in [-0.2, -0.15) is 15.0 Å². The van der Waals surface area contributed by atoms with Crippen LogP contribution in [0.4, 0.5) is 17.8 Å². The van der Waals surface area contributed by atoms with E-state index < -0.39 is 0 Å². The first-order valence-electron chi connectivity index (χ1n) is 6.88. The molecular formula is C13H19N7O2S. The quantitative estimate of drug-likeness (QED) is 0.796. The lowest BCUT2D eigenvalue weighted by Crippen LogP contribution is -2.22. The molecule has 124 valence electrons. The van der Waals surface area contributed by atoms with Gasteiger partial charge in [0.15, 0.2) is 0 Å². The fourth-order valence-corrected chi connectivity index (χ4v) is 2.35. The van der Waals surface area contributed by atoms with E-state index in [4.69, 9.17) is 10.3 Å². The summed E-state index contributed by atoms with van der Waals surface area (Å²) in [4.78, 5) is 26.2. The molecule has 0 bridgehead atoms. The Hall–Kier alpha value is -2.36. The molecule has 1 amide bonds. The number of thioether (sulfide) groups is 1. The summed E-state index contributed by atoms with van der Waals surface area (Å²) < 4.78 is 4.96. The van der Waals surface area contributed by atoms with Gasteiger partial charge in [0.1, 0.15) is 5.82 Å². The standard InChI is InChI=1S/C13H19N7O2S/c1-7-5-10(22-19-7)17-11(21)8(2)23-6-9-15-12(14)18-13(16-9)20(3)4/h5,8H,6H2,1-4H3,(H,17,21)(H2,14,15,16,18)/t8-/m1/s1. The third kappa shape index (κ3) is 4.81. The predicted octanol–water partition coefficient (Wildman–Crippen LogP) is 1.08. The third-order valence-corrected chi connectivity index (χ3v) is 3.93. The van der Waals surface area contributed by atoms with Crippen LogP contribution in [0.2, 0.25) is 0 Å². The minimum atomic E-state index is -0.318. The van der Waals surface area contributed by atoms with Crippen LogP contribution in [0.25, 0.3) is 0 Å². The van der Waals surface area contributed by atoms with Gasteiger partial charge in [-0.25, -0.2) is 0 Å². The fraction of sp³-hybridized carbons (Fsp3) is 0.462. The molecule has 0 unspecified atom stereocenters. The molecule has 0 radical (unpaired) electrons. The van der Waals surface area contributed by atoms with Crippen molar-refractivity contribution in [3.8, 4) is 0 Å². The molecule has 1 atom stereocenters. The molecule has 0 aliphatic heterocycles. The summed E-state index contributed by atoms with van der Waals surface area (Å²) in [6, 6.07) is 1.66. The molecular weight excluding hydrogens is 318 g/mol. The van der Waals surface area contributed by atoms with Crippen molar-refractivity contribution >= 4 is 35.4 Å². The highest BCUT2D eigenvalue weighted by Gasteiger charge is 2.17. The number of nitrogens with zero attached hydrogens (tertiary/aromatic N) is 5. The second-order valence-electron chi connectivity index (χ2n) is 5.08. The van der Waals surface area contributed by atoms with E-state index in [2.05, 4.69) is 25.4 Å². The number of aromatic nitrogens is 4. The molecule has 23 heavy (non-hydrogen) atoms. The molecule has 0 spiro atoms. The van der Waals surface area contributed by atoms with Crippen LogP contribution in [0.3, 0.4) is 0 Å². The lowest BCUT2D eigenvalue weighted by molar-refractivity contribution is -0.115. The maximum atomic E-state index is 12.1. The van der Waals surface area contributed by atoms with E-state index in [0.717, 1.165) is 0 Å². The van der Waals surface area contributed by atoms with Crippen LogP contribution in [0, 0.1) is 6.92 Å². The molecule has 2 aromatic heterocycles. The number of nitrogens with one attached hydrogen (secondary N) is 1. The van der Waals surface area contributed by atoms with Crippen molar-refractivity contribution in [3.63, 3.8) is 0 Å². The second kappa shape index (κ2) is 7.27. The monoisotopic (exact) mass is 337 g/mol. The number of hydrogen-bond donors (Lipinski definition) is 2. The maximum Gasteiger partial charge on any atom is 0.239 e. The smallest absolute Gasteiger partial charge is 0.239 e. The van der Waals surface area contributed by atoms with Crippen LogP contribution in [0.5, 0.6) is 0 Å². The summed E-state index contributed by atoms with van der Waals surface area (Å²) in [6.45, 7) is 3.57. The van der Waals surface area contributed by atoms with Crippen molar-refractivity contribution in [1.82, 2.24) is 20.1 Å². The maximum absolute atomic E-state index is 12.1. The van der Waals surface area contributed by atoms with Crippen molar-refractivity contribution in [3.05, 3.63) is 17.6 Å². The lowest BCUT2D eigenvalue weighted by Gasteiger charge is -2.12. The zero-order valence-corrected chi connectivity index (χ0v) is 14.2. The molecule has 3 N–H and O–H groups in total. The molecule has 0 fully saturated rings. The summed E-state index contributed by atoms with van der Waals surface area (Å²) in [5.74, 6) is 1.77. The fourth-order valence-electron chi connectivity index (χ4n) is 1.61. The van der Waals surface area contributed by atoms with E-state index in [9.17, 15) is 4.79 Å². The molecule has 0 saturated heterocycles. The van der Waals surface area contributed by atoms with Crippen LogP contribution in [0.1, 0.15) is 18.4 Å². The largest absolute Gasteiger partial charge is 0.368 e. The van der Waals surface area contributed by atoms with E-state index in [1.807, 2.05) is 14.1 Å². The normalized spacial score (nSPS) is 12.0. The SMILES string of the molecule is Cc1cc(NC(=O)[C@@H](C)SCc2nc(N)nc(N(C)C)n2)on1. The number of anilines is 3. The first kappa shape index (κ1) is 17.0. The summed E-state index contributed by atoms with van der Waals surface area (Å²) in [7, 11) is 3.64. The predicted molar refractivity (Wildman–Crippen MR) is 89.2 cm³/mol. The Labute approximate surface area is 138 Å². The Bertz CT molecular complexity index is 689. The number of nitrogen functional groups attached to an aromatic ring is 1. The molecule has 0 aliphatic carbocycles. The van der Waals surface area contributed by atoms with Crippen molar-refractivity contribution in [2.24, 2.45) is 0 Å². The summed E-state index contributed by atoms with van der Waals surface area (Å²) in [5, 5.41) is 6.06. The van der Waals surface area contributed by atoms with E-state index in [1.165, 1.54) is 11.8 Å². The second-order valence-corrected chi connectivity index (χ2v) is 6.41. The summed E-state index contributed by atoms with van der Waals surface area (Å²) >= 11 is 1.39. The first-order chi connectivity index (χ1) is 10.8. The highest BCUT2D eigenvalue weighted by Crippen LogP contribution is 2.19. The zero-order chi connectivity index (χ0) is 17.0. The van der Waals surface area contributed by atoms with Gasteiger partial charge in [-0.3, -0.25) is 10.1 Å². The molecule has 10 heteroatoms. The topological polar surface area (TPSA) is 123 Å². The van der Waals surface area contributed by atoms with Crippen molar-refractivity contribution in [1.29, 1.82) is 0 Å². The van der Waals surface area contributed by atoms with Crippen molar-refractivity contribution in [2.75, 3.05) is 30.0 Å². The van der Waals surface area contributed by atoms with Gasteiger partial charge in [0.05, 0.1) is 16.7 Å². The third-order valence-electron chi connectivity index (χ3n) is 2.79. The molecule has 2 rings (SSSR count). The highest BCUT2D eigenvalue weighted by molar-refractivity contribution is 7.99. The van der Waals surface area contributed by atoms with Gasteiger partial charge >= 0.3 is 0 Å². The molecule has 0 aliphatic rings. The molecule has 0 aromatic carbocycles. The average Bonchev–Trinajstić information content (AvgIpc) is 2.89. The minimum absolute atomic E-state index is 0.161. The molecule has 2 heterocycles. The Morgan fingerprint density at radius 3 is 2.78 bits per heavy atom. The number of hydrogen-bond acceptors (Lipinski definition) is 9. The summed E-state index contributed by atoms with van der Waals surface area (Å²) in [5.41, 5.74) is 6.38. The number of aryl methyl sites for hydroxylation is 1. The zero-order valence-electron chi connectivity index (χ0n) is 13.4. The van der Waals surface area contributed by atoms with Gasteiger partial charge in [0.2, 0.25) is 23.7 Å². The van der Waals surface area contributed by atoms with Crippen LogP contribution in [0.15, 0.2) is 10.6 Å². The Balaban J connectivity index is 1.93. The van der Waals surface area contributed by atoms with Crippen LogP contribution in [-0.2, 0) is 10.5 Å². The number of nitrogens with two attached hydrogens (primary N) is 1. The Morgan fingerprint density at radius 1 is 1.43 bits per heavy atom. The number of carbonyl (C=O) groups excluding carboxylic acids is 1. The van der Waals surface area contributed by atoms with Crippen LogP contribution < -0.4 is 16.0 Å². The Morgan fingerprint density at radius 2 is 2.17 bits per heavy atom. The van der Waals surface area contributed by atoms with Gasteiger partial charge < -0.3 is 15.2 Å². The average molecular weight is 337 g/mol. The van der Waals surface area contributed by atoms with E-state index in [0.29, 0.717) is 29.1 Å². The van der Waals surface area contributed by atoms with Gasteiger partial charge in [-0.05, 0) is 13.8 Å². The van der Waals surface area contributed by atoms with Crippen molar-refractivity contribution < 1.29 is 9.32 Å². The van der Waals surface area contributed by atoms with Gasteiger partial charge in [0.25, 0.3) is 0 Å². The number of carbonyl (C=O) groups is 1. The lowest BCUT2D eigenvalue weighted by atomic mass is 10.4. The van der Waals surface area contributed by atoms with Crippen LogP contribution in [-0.4, -0.2) is 45.4 Å². The van der Waals surface area contributed by atoms with E-state index in [-0.39, 0.29) is 17.1 Å². The van der Waals surface area contributed by atoms with E-state index in [1.54, 1.807) is 24.8 Å². The molecule has 9 nitrogen and oxygen atoms in total. The molecule has 0 saturated carbocycles. The molecule has 2 aromatic rings. The van der Waals surface area contributed by atoms with Crippen molar-refractivity contribution in [2.45, 2.75) is 24.9 Å². The van der Waals surface area contributed by atoms with Gasteiger partial charge in [-0.15, -0.1) is 11.8 Å². The van der Waals surface area contributed by atoms with Gasteiger partial charge in [-0.1, -0.05) is 5.16 Å². The van der Waals surface area contributed by atoms with Crippen LogP contribution >= 0.6 is 11.8 Å². The van der Waals surface area contributed by atoms with E-state index >= 15 is 0 Å². The van der Waals surface area contributed by atoms with Gasteiger partial charge in [0, 0.05) is 20.2 Å². The Kier molecular flexibility index (Phi) is 5.37. The highest BCUT2D eigenvalue weighted by atomic mass is 32.2.